The molecule has 0 saturated heterocycles. The van der Waals surface area contributed by atoms with Crippen molar-refractivity contribution >= 4 is 31.9 Å². The van der Waals surface area contributed by atoms with E-state index in [1.807, 2.05) is 0 Å². The summed E-state index contributed by atoms with van der Waals surface area (Å²) in [5.41, 5.74) is -0.0446. The van der Waals surface area contributed by atoms with Gasteiger partial charge in [0.05, 0.1) is 17.2 Å². The van der Waals surface area contributed by atoms with Crippen LogP contribution >= 0.6 is 31.9 Å². The summed E-state index contributed by atoms with van der Waals surface area (Å²) in [5.74, 6) is 0. The van der Waals surface area contributed by atoms with E-state index in [2.05, 4.69) is 37.0 Å². The number of halogens is 5. The minimum Gasteiger partial charge on any atom is -0.255 e. The Balaban J connectivity index is 2.39. The Hall–Kier alpha value is -0.820. The van der Waals surface area contributed by atoms with Gasteiger partial charge in [0.1, 0.15) is 0 Å². The van der Waals surface area contributed by atoms with Crippen LogP contribution in [0.2, 0.25) is 0 Å². The third kappa shape index (κ3) is 2.77. The number of nitrogens with zero attached hydrogens (tertiary/aromatic N) is 2. The quantitative estimate of drug-likeness (QED) is 0.747. The Morgan fingerprint density at radius 1 is 1.11 bits per heavy atom. The fraction of sp³-hybridized carbons (Fsp3) is 0.182. The lowest BCUT2D eigenvalue weighted by Crippen LogP contribution is -2.16. The minimum atomic E-state index is -4.43. The zero-order valence-electron chi connectivity index (χ0n) is 8.88. The van der Waals surface area contributed by atoms with Crippen molar-refractivity contribution in [3.8, 4) is 0 Å². The molecular formula is C11H7Br2F3N2. The van der Waals surface area contributed by atoms with E-state index in [4.69, 9.17) is 0 Å². The molecule has 0 unspecified atom stereocenters. The summed E-state index contributed by atoms with van der Waals surface area (Å²) in [6.07, 6.45) is -3.28. The number of aromatic nitrogens is 2. The molecule has 0 radical (unpaired) electrons. The van der Waals surface area contributed by atoms with Crippen molar-refractivity contribution in [1.82, 2.24) is 9.78 Å². The number of benzene rings is 1. The van der Waals surface area contributed by atoms with Crippen LogP contribution < -0.4 is 0 Å². The van der Waals surface area contributed by atoms with E-state index in [0.717, 1.165) is 20.9 Å². The van der Waals surface area contributed by atoms with Gasteiger partial charge in [0.2, 0.25) is 0 Å². The van der Waals surface area contributed by atoms with Gasteiger partial charge in [0.25, 0.3) is 0 Å². The zero-order valence-corrected chi connectivity index (χ0v) is 12.1. The van der Waals surface area contributed by atoms with E-state index in [1.54, 1.807) is 24.3 Å². The molecule has 0 aliphatic heterocycles. The summed E-state index contributed by atoms with van der Waals surface area (Å²) in [7, 11) is 0. The molecular weight excluding hydrogens is 377 g/mol. The number of hydrogen-bond acceptors (Lipinski definition) is 1. The van der Waals surface area contributed by atoms with E-state index in [1.165, 1.54) is 0 Å². The predicted molar refractivity (Wildman–Crippen MR) is 68.2 cm³/mol. The van der Waals surface area contributed by atoms with Crippen molar-refractivity contribution in [3.05, 3.63) is 50.7 Å². The Morgan fingerprint density at radius 3 is 2.39 bits per heavy atom. The highest BCUT2D eigenvalue weighted by Gasteiger charge is 2.37. The molecule has 7 heteroatoms. The molecule has 0 N–H and O–H groups in total. The second-order valence-corrected chi connectivity index (χ2v) is 5.30. The molecule has 96 valence electrons. The van der Waals surface area contributed by atoms with Crippen molar-refractivity contribution in [2.24, 2.45) is 0 Å². The van der Waals surface area contributed by atoms with Crippen LogP contribution in [0, 0.1) is 0 Å². The van der Waals surface area contributed by atoms with Crippen molar-refractivity contribution < 1.29 is 13.2 Å². The lowest BCUT2D eigenvalue weighted by Gasteiger charge is -2.12. The summed E-state index contributed by atoms with van der Waals surface area (Å²) in [6.45, 7) is 0.0574. The molecule has 0 spiro atoms. The van der Waals surface area contributed by atoms with E-state index in [-0.39, 0.29) is 11.0 Å². The SMILES string of the molecule is FC(F)(F)c1c(Br)cnn1Cc1ccccc1Br. The first-order valence-corrected chi connectivity index (χ1v) is 6.50. The summed E-state index contributed by atoms with van der Waals surface area (Å²) in [6, 6.07) is 7.10. The van der Waals surface area contributed by atoms with E-state index >= 15 is 0 Å². The van der Waals surface area contributed by atoms with E-state index in [0.29, 0.717) is 0 Å². The van der Waals surface area contributed by atoms with Gasteiger partial charge in [-0.2, -0.15) is 18.3 Å². The van der Waals surface area contributed by atoms with E-state index < -0.39 is 11.9 Å². The molecule has 1 heterocycles. The van der Waals surface area contributed by atoms with Gasteiger partial charge in [-0.25, -0.2) is 0 Å². The number of alkyl halides is 3. The molecule has 2 rings (SSSR count). The van der Waals surface area contributed by atoms with Gasteiger partial charge in [0, 0.05) is 4.47 Å². The van der Waals surface area contributed by atoms with Gasteiger partial charge in [-0.15, -0.1) is 0 Å². The predicted octanol–water partition coefficient (Wildman–Crippen LogP) is 4.48. The molecule has 2 nitrogen and oxygen atoms in total. The monoisotopic (exact) mass is 382 g/mol. The first kappa shape index (κ1) is 13.6. The van der Waals surface area contributed by atoms with E-state index in [9.17, 15) is 13.2 Å². The van der Waals surface area contributed by atoms with Gasteiger partial charge in [-0.05, 0) is 27.6 Å². The van der Waals surface area contributed by atoms with Gasteiger partial charge >= 0.3 is 6.18 Å². The Labute approximate surface area is 118 Å². The second-order valence-electron chi connectivity index (χ2n) is 3.59. The molecule has 1 aromatic heterocycles. The maximum atomic E-state index is 12.8. The largest absolute Gasteiger partial charge is 0.434 e. The van der Waals surface area contributed by atoms with Gasteiger partial charge in [-0.3, -0.25) is 4.68 Å². The van der Waals surface area contributed by atoms with Crippen LogP contribution in [0.1, 0.15) is 11.3 Å². The molecule has 2 aromatic rings. The van der Waals surface area contributed by atoms with Crippen LogP contribution in [-0.2, 0) is 12.7 Å². The Kier molecular flexibility index (Phi) is 3.82. The van der Waals surface area contributed by atoms with Crippen LogP contribution in [0.4, 0.5) is 13.2 Å². The summed E-state index contributed by atoms with van der Waals surface area (Å²) in [4.78, 5) is 0. The lowest BCUT2D eigenvalue weighted by molar-refractivity contribution is -0.144. The zero-order chi connectivity index (χ0) is 13.3. The minimum absolute atomic E-state index is 0.0537. The van der Waals surface area contributed by atoms with Gasteiger partial charge < -0.3 is 0 Å². The molecule has 0 amide bonds. The highest BCUT2D eigenvalue weighted by Crippen LogP contribution is 2.35. The summed E-state index contributed by atoms with van der Waals surface area (Å²) < 4.78 is 40.2. The normalized spacial score (nSPS) is 11.8. The average Bonchev–Trinajstić information content (AvgIpc) is 2.62. The van der Waals surface area contributed by atoms with Crippen molar-refractivity contribution in [3.63, 3.8) is 0 Å². The average molecular weight is 384 g/mol. The van der Waals surface area contributed by atoms with Crippen molar-refractivity contribution in [1.29, 1.82) is 0 Å². The summed E-state index contributed by atoms with van der Waals surface area (Å²) >= 11 is 6.17. The highest BCUT2D eigenvalue weighted by molar-refractivity contribution is 9.10. The van der Waals surface area contributed by atoms with Crippen molar-refractivity contribution in [2.45, 2.75) is 12.7 Å². The molecule has 0 fully saturated rings. The Morgan fingerprint density at radius 2 is 1.78 bits per heavy atom. The third-order valence-corrected chi connectivity index (χ3v) is 3.70. The lowest BCUT2D eigenvalue weighted by atomic mass is 10.2. The summed E-state index contributed by atoms with van der Waals surface area (Å²) in [5, 5.41) is 3.75. The highest BCUT2D eigenvalue weighted by atomic mass is 79.9. The number of hydrogen-bond donors (Lipinski definition) is 0. The van der Waals surface area contributed by atoms with Gasteiger partial charge in [0.15, 0.2) is 5.69 Å². The fourth-order valence-electron chi connectivity index (χ4n) is 1.55. The molecule has 0 saturated carbocycles. The maximum Gasteiger partial charge on any atom is 0.434 e. The number of rotatable bonds is 2. The first-order valence-electron chi connectivity index (χ1n) is 4.91. The molecule has 0 bridgehead atoms. The Bertz CT molecular complexity index is 564. The smallest absolute Gasteiger partial charge is 0.255 e. The third-order valence-electron chi connectivity index (χ3n) is 2.34. The molecule has 0 aliphatic carbocycles. The van der Waals surface area contributed by atoms with Crippen LogP contribution in [0.3, 0.4) is 0 Å². The first-order chi connectivity index (χ1) is 8.39. The second kappa shape index (κ2) is 5.05. The van der Waals surface area contributed by atoms with Crippen LogP contribution in [0.25, 0.3) is 0 Å². The fourth-order valence-corrected chi connectivity index (χ4v) is 2.48. The molecule has 18 heavy (non-hydrogen) atoms. The van der Waals surface area contributed by atoms with Crippen LogP contribution in [-0.4, -0.2) is 9.78 Å². The molecule has 0 aliphatic rings. The molecule has 1 aromatic carbocycles. The maximum absolute atomic E-state index is 12.8. The standard InChI is InChI=1S/C11H7Br2F3N2/c12-8-4-2-1-3-7(8)6-18-10(11(14,15)16)9(13)5-17-18/h1-5H,6H2. The topological polar surface area (TPSA) is 17.8 Å². The van der Waals surface area contributed by atoms with Crippen LogP contribution in [0.5, 0.6) is 0 Å². The van der Waals surface area contributed by atoms with Gasteiger partial charge in [-0.1, -0.05) is 34.1 Å². The van der Waals surface area contributed by atoms with Crippen molar-refractivity contribution in [2.75, 3.05) is 0 Å². The molecule has 0 atom stereocenters. The van der Waals surface area contributed by atoms with Crippen LogP contribution in [0.15, 0.2) is 39.4 Å².